The highest BCUT2D eigenvalue weighted by Crippen LogP contribution is 2.12. The van der Waals surface area contributed by atoms with Gasteiger partial charge in [0, 0.05) is 30.8 Å². The number of rotatable bonds is 7. The van der Waals surface area contributed by atoms with Gasteiger partial charge >= 0.3 is 0 Å². The molecule has 1 fully saturated rings. The number of unbranched alkanes of at least 4 members (excludes halogenated alkanes) is 1. The number of hydrogen-bond donors (Lipinski definition) is 2. The number of amides is 2. The molecule has 2 N–H and O–H groups in total. The van der Waals surface area contributed by atoms with Crippen LogP contribution in [0, 0.1) is 0 Å². The van der Waals surface area contributed by atoms with E-state index in [1.165, 1.54) is 0 Å². The second-order valence-corrected chi connectivity index (χ2v) is 5.57. The van der Waals surface area contributed by atoms with E-state index in [0.29, 0.717) is 18.5 Å². The van der Waals surface area contributed by atoms with E-state index >= 15 is 0 Å². The van der Waals surface area contributed by atoms with Gasteiger partial charge in [0.15, 0.2) is 0 Å². The predicted molar refractivity (Wildman–Crippen MR) is 85.9 cm³/mol. The van der Waals surface area contributed by atoms with E-state index in [1.807, 2.05) is 0 Å². The molecule has 120 valence electrons. The number of carbonyl (C=O) groups is 2. The van der Waals surface area contributed by atoms with Crippen LogP contribution in [-0.4, -0.2) is 31.1 Å². The molecule has 0 unspecified atom stereocenters. The molecule has 1 aromatic rings. The van der Waals surface area contributed by atoms with Gasteiger partial charge in [-0.05, 0) is 43.5 Å². The van der Waals surface area contributed by atoms with Crippen molar-refractivity contribution in [2.24, 2.45) is 0 Å². The summed E-state index contributed by atoms with van der Waals surface area (Å²) in [6, 6.07) is 6.95. The van der Waals surface area contributed by atoms with Crippen molar-refractivity contribution < 1.29 is 14.3 Å². The van der Waals surface area contributed by atoms with Crippen molar-refractivity contribution in [2.75, 3.05) is 18.5 Å². The Hall–Kier alpha value is -1.88. The molecule has 1 atom stereocenters. The fourth-order valence-corrected chi connectivity index (χ4v) is 2.38. The van der Waals surface area contributed by atoms with E-state index in [0.717, 1.165) is 38.0 Å². The zero-order chi connectivity index (χ0) is 15.8. The molecule has 0 saturated carbocycles. The lowest BCUT2D eigenvalue weighted by atomic mass is 10.1. The lowest BCUT2D eigenvalue weighted by Gasteiger charge is -2.11. The highest BCUT2D eigenvalue weighted by Gasteiger charge is 2.16. The normalized spacial score (nSPS) is 17.2. The Morgan fingerprint density at radius 2 is 2.05 bits per heavy atom. The average molecular weight is 304 g/mol. The first kappa shape index (κ1) is 16.5. The Labute approximate surface area is 131 Å². The lowest BCUT2D eigenvalue weighted by Crippen LogP contribution is -2.31. The predicted octanol–water partition coefficient (Wildman–Crippen LogP) is 2.72. The Kier molecular flexibility index (Phi) is 6.40. The van der Waals surface area contributed by atoms with Crippen molar-refractivity contribution >= 4 is 17.5 Å². The van der Waals surface area contributed by atoms with Gasteiger partial charge in [-0.25, -0.2) is 0 Å². The molecule has 1 aromatic carbocycles. The van der Waals surface area contributed by atoms with Crippen LogP contribution in [0.25, 0.3) is 0 Å². The molecule has 5 heteroatoms. The molecule has 0 aliphatic carbocycles. The highest BCUT2D eigenvalue weighted by atomic mass is 16.5. The third-order valence-corrected chi connectivity index (χ3v) is 3.70. The summed E-state index contributed by atoms with van der Waals surface area (Å²) in [5, 5.41) is 5.71. The summed E-state index contributed by atoms with van der Waals surface area (Å²) in [7, 11) is 0. The van der Waals surface area contributed by atoms with Gasteiger partial charge in [-0.2, -0.15) is 0 Å². The number of carbonyl (C=O) groups excluding carboxylic acids is 2. The van der Waals surface area contributed by atoms with E-state index in [9.17, 15) is 9.59 Å². The summed E-state index contributed by atoms with van der Waals surface area (Å²) in [6.07, 6.45) is 4.61. The summed E-state index contributed by atoms with van der Waals surface area (Å²) in [4.78, 5) is 23.7. The number of nitrogens with one attached hydrogen (secondary N) is 2. The van der Waals surface area contributed by atoms with Crippen molar-refractivity contribution in [3.63, 3.8) is 0 Å². The minimum atomic E-state index is -0.112. The van der Waals surface area contributed by atoms with Crippen LogP contribution in [0.2, 0.25) is 0 Å². The Morgan fingerprint density at radius 3 is 2.68 bits per heavy atom. The third kappa shape index (κ3) is 5.15. The minimum absolute atomic E-state index is 0.0115. The van der Waals surface area contributed by atoms with Crippen LogP contribution < -0.4 is 10.6 Å². The highest BCUT2D eigenvalue weighted by molar-refractivity contribution is 5.95. The van der Waals surface area contributed by atoms with Crippen molar-refractivity contribution in [3.05, 3.63) is 29.8 Å². The first-order chi connectivity index (χ1) is 10.7. The Balaban J connectivity index is 1.79. The van der Waals surface area contributed by atoms with Gasteiger partial charge in [0.05, 0.1) is 6.10 Å². The monoisotopic (exact) mass is 304 g/mol. The molecule has 1 heterocycles. The Morgan fingerprint density at radius 1 is 1.27 bits per heavy atom. The van der Waals surface area contributed by atoms with Gasteiger partial charge < -0.3 is 15.4 Å². The van der Waals surface area contributed by atoms with Gasteiger partial charge in [0.2, 0.25) is 5.91 Å². The quantitative estimate of drug-likeness (QED) is 0.814. The molecule has 1 saturated heterocycles. The van der Waals surface area contributed by atoms with E-state index in [-0.39, 0.29) is 17.9 Å². The second-order valence-electron chi connectivity index (χ2n) is 5.57. The van der Waals surface area contributed by atoms with Crippen molar-refractivity contribution in [2.45, 2.75) is 45.1 Å². The molecule has 1 aliphatic heterocycles. The standard InChI is InChI=1S/C17H24N2O3/c1-2-3-6-16(20)19-14-9-7-13(8-10-14)17(21)18-12-15-5-4-11-22-15/h7-10,15H,2-6,11-12H2,1H3,(H,18,21)(H,19,20)/t15-/m0/s1. The zero-order valence-electron chi connectivity index (χ0n) is 13.1. The molecular weight excluding hydrogens is 280 g/mol. The SMILES string of the molecule is CCCCC(=O)Nc1ccc(C(=O)NC[C@@H]2CCCO2)cc1. The van der Waals surface area contributed by atoms with E-state index in [1.54, 1.807) is 24.3 Å². The summed E-state index contributed by atoms with van der Waals surface area (Å²) in [5.74, 6) is -0.100. The molecule has 5 nitrogen and oxygen atoms in total. The summed E-state index contributed by atoms with van der Waals surface area (Å²) < 4.78 is 5.47. The number of benzene rings is 1. The van der Waals surface area contributed by atoms with Crippen LogP contribution in [0.15, 0.2) is 24.3 Å². The van der Waals surface area contributed by atoms with Crippen LogP contribution in [-0.2, 0) is 9.53 Å². The fourth-order valence-electron chi connectivity index (χ4n) is 2.38. The number of ether oxygens (including phenoxy) is 1. The average Bonchev–Trinajstić information content (AvgIpc) is 3.05. The van der Waals surface area contributed by atoms with Crippen LogP contribution >= 0.6 is 0 Å². The van der Waals surface area contributed by atoms with Gasteiger partial charge in [-0.1, -0.05) is 13.3 Å². The maximum Gasteiger partial charge on any atom is 0.251 e. The molecule has 0 spiro atoms. The maximum absolute atomic E-state index is 12.0. The molecule has 2 rings (SSSR count). The maximum atomic E-state index is 12.0. The second kappa shape index (κ2) is 8.54. The van der Waals surface area contributed by atoms with Crippen LogP contribution in [0.4, 0.5) is 5.69 Å². The summed E-state index contributed by atoms with van der Waals surface area (Å²) in [6.45, 7) is 3.39. The van der Waals surface area contributed by atoms with Gasteiger partial charge in [0.1, 0.15) is 0 Å². The fraction of sp³-hybridized carbons (Fsp3) is 0.529. The van der Waals surface area contributed by atoms with E-state index < -0.39 is 0 Å². The molecule has 0 bridgehead atoms. The third-order valence-electron chi connectivity index (χ3n) is 3.70. The number of anilines is 1. The van der Waals surface area contributed by atoms with Crippen molar-refractivity contribution in [3.8, 4) is 0 Å². The van der Waals surface area contributed by atoms with E-state index in [4.69, 9.17) is 4.74 Å². The first-order valence-electron chi connectivity index (χ1n) is 7.98. The number of hydrogen-bond acceptors (Lipinski definition) is 3. The van der Waals surface area contributed by atoms with E-state index in [2.05, 4.69) is 17.6 Å². The lowest BCUT2D eigenvalue weighted by molar-refractivity contribution is -0.116. The first-order valence-corrected chi connectivity index (χ1v) is 7.98. The Bertz CT molecular complexity index is 493. The van der Waals surface area contributed by atoms with Gasteiger partial charge in [-0.15, -0.1) is 0 Å². The van der Waals surface area contributed by atoms with Gasteiger partial charge in [-0.3, -0.25) is 9.59 Å². The molecule has 0 aromatic heterocycles. The molecule has 2 amide bonds. The summed E-state index contributed by atoms with van der Waals surface area (Å²) >= 11 is 0. The van der Waals surface area contributed by atoms with Gasteiger partial charge in [0.25, 0.3) is 5.91 Å². The van der Waals surface area contributed by atoms with Crippen LogP contribution in [0.5, 0.6) is 0 Å². The van der Waals surface area contributed by atoms with Crippen molar-refractivity contribution in [1.82, 2.24) is 5.32 Å². The minimum Gasteiger partial charge on any atom is -0.376 e. The zero-order valence-corrected chi connectivity index (χ0v) is 13.1. The largest absolute Gasteiger partial charge is 0.376 e. The van der Waals surface area contributed by atoms with Crippen LogP contribution in [0.1, 0.15) is 49.4 Å². The summed E-state index contributed by atoms with van der Waals surface area (Å²) in [5.41, 5.74) is 1.31. The topological polar surface area (TPSA) is 67.4 Å². The molecule has 0 radical (unpaired) electrons. The van der Waals surface area contributed by atoms with Crippen molar-refractivity contribution in [1.29, 1.82) is 0 Å². The molecule has 1 aliphatic rings. The smallest absolute Gasteiger partial charge is 0.251 e. The van der Waals surface area contributed by atoms with Crippen LogP contribution in [0.3, 0.4) is 0 Å². The molecular formula is C17H24N2O3. The molecule has 22 heavy (non-hydrogen) atoms.